The summed E-state index contributed by atoms with van der Waals surface area (Å²) in [5.74, 6) is 0.230. The standard InChI is InChI=1S/C19H22N4O2/c1-14-11-17(8-9-20-14)22-19(25)21-12-15-4-6-16(7-5-15)13-23-10-2-3-18(23)24/h4-9,11H,2-3,10,12-13H2,1H3,(H2,20,21,22,25). The lowest BCUT2D eigenvalue weighted by Crippen LogP contribution is -2.28. The molecule has 1 aromatic carbocycles. The molecular formula is C19H22N4O2. The Kier molecular flexibility index (Phi) is 5.28. The highest BCUT2D eigenvalue weighted by atomic mass is 16.2. The Balaban J connectivity index is 1.48. The number of urea groups is 1. The van der Waals surface area contributed by atoms with Crippen molar-refractivity contribution in [1.82, 2.24) is 15.2 Å². The van der Waals surface area contributed by atoms with E-state index >= 15 is 0 Å². The molecule has 0 saturated carbocycles. The van der Waals surface area contributed by atoms with Crippen molar-refractivity contribution in [3.63, 3.8) is 0 Å². The molecule has 1 fully saturated rings. The van der Waals surface area contributed by atoms with Crippen molar-refractivity contribution in [2.24, 2.45) is 0 Å². The Morgan fingerprint density at radius 3 is 2.64 bits per heavy atom. The number of anilines is 1. The van der Waals surface area contributed by atoms with E-state index in [1.807, 2.05) is 42.2 Å². The van der Waals surface area contributed by atoms with Crippen LogP contribution in [0.1, 0.15) is 29.7 Å². The third kappa shape index (κ3) is 4.79. The number of likely N-dealkylation sites (tertiary alicyclic amines) is 1. The van der Waals surface area contributed by atoms with Crippen LogP contribution in [0, 0.1) is 6.92 Å². The zero-order valence-corrected chi connectivity index (χ0v) is 14.3. The lowest BCUT2D eigenvalue weighted by atomic mass is 10.1. The van der Waals surface area contributed by atoms with E-state index in [1.165, 1.54) is 0 Å². The lowest BCUT2D eigenvalue weighted by molar-refractivity contribution is -0.128. The van der Waals surface area contributed by atoms with Crippen molar-refractivity contribution in [1.29, 1.82) is 0 Å². The summed E-state index contributed by atoms with van der Waals surface area (Å²) in [4.78, 5) is 29.6. The van der Waals surface area contributed by atoms with Crippen LogP contribution in [0.2, 0.25) is 0 Å². The van der Waals surface area contributed by atoms with Gasteiger partial charge >= 0.3 is 6.03 Å². The topological polar surface area (TPSA) is 74.3 Å². The van der Waals surface area contributed by atoms with Crippen LogP contribution in [0.5, 0.6) is 0 Å². The van der Waals surface area contributed by atoms with Crippen LogP contribution in [0.4, 0.5) is 10.5 Å². The van der Waals surface area contributed by atoms with Gasteiger partial charge in [-0.05, 0) is 36.6 Å². The van der Waals surface area contributed by atoms with Gasteiger partial charge in [0.1, 0.15) is 0 Å². The van der Waals surface area contributed by atoms with E-state index in [9.17, 15) is 9.59 Å². The van der Waals surface area contributed by atoms with Gasteiger partial charge in [-0.25, -0.2) is 4.79 Å². The second-order valence-corrected chi connectivity index (χ2v) is 6.23. The van der Waals surface area contributed by atoms with Gasteiger partial charge in [0.05, 0.1) is 0 Å². The number of carbonyl (C=O) groups is 2. The van der Waals surface area contributed by atoms with Crippen LogP contribution >= 0.6 is 0 Å². The quantitative estimate of drug-likeness (QED) is 0.880. The maximum absolute atomic E-state index is 11.9. The lowest BCUT2D eigenvalue weighted by Gasteiger charge is -2.15. The molecule has 0 atom stereocenters. The van der Waals surface area contributed by atoms with Crippen LogP contribution in [-0.4, -0.2) is 28.4 Å². The smallest absolute Gasteiger partial charge is 0.319 e. The molecule has 6 nitrogen and oxygen atoms in total. The number of aryl methyl sites for hydroxylation is 1. The maximum atomic E-state index is 11.9. The zero-order valence-electron chi connectivity index (χ0n) is 14.3. The SMILES string of the molecule is Cc1cc(NC(=O)NCc2ccc(CN3CCCC3=O)cc2)ccn1. The summed E-state index contributed by atoms with van der Waals surface area (Å²) in [6, 6.07) is 11.3. The van der Waals surface area contributed by atoms with E-state index in [1.54, 1.807) is 12.3 Å². The number of aromatic nitrogens is 1. The molecule has 130 valence electrons. The molecule has 2 N–H and O–H groups in total. The van der Waals surface area contributed by atoms with Crippen LogP contribution in [0.25, 0.3) is 0 Å². The Morgan fingerprint density at radius 2 is 1.96 bits per heavy atom. The van der Waals surface area contributed by atoms with Crippen molar-refractivity contribution in [3.8, 4) is 0 Å². The van der Waals surface area contributed by atoms with Crippen molar-refractivity contribution >= 4 is 17.6 Å². The van der Waals surface area contributed by atoms with Gasteiger partial charge in [0.15, 0.2) is 0 Å². The minimum Gasteiger partial charge on any atom is -0.338 e. The highest BCUT2D eigenvalue weighted by Crippen LogP contribution is 2.15. The van der Waals surface area contributed by atoms with Gasteiger partial charge in [0, 0.05) is 43.6 Å². The molecule has 0 radical (unpaired) electrons. The van der Waals surface area contributed by atoms with Gasteiger partial charge in [-0.1, -0.05) is 24.3 Å². The number of hydrogen-bond acceptors (Lipinski definition) is 3. The minimum atomic E-state index is -0.252. The number of pyridine rings is 1. The van der Waals surface area contributed by atoms with Gasteiger partial charge in [-0.15, -0.1) is 0 Å². The number of nitrogens with zero attached hydrogens (tertiary/aromatic N) is 2. The summed E-state index contributed by atoms with van der Waals surface area (Å²) in [6.45, 7) is 3.82. The molecular weight excluding hydrogens is 316 g/mol. The molecule has 1 aliphatic rings. The Bertz CT molecular complexity index is 758. The molecule has 0 unspecified atom stereocenters. The number of amides is 3. The van der Waals surface area contributed by atoms with E-state index < -0.39 is 0 Å². The van der Waals surface area contributed by atoms with E-state index in [2.05, 4.69) is 15.6 Å². The second-order valence-electron chi connectivity index (χ2n) is 6.23. The first kappa shape index (κ1) is 17.0. The van der Waals surface area contributed by atoms with Crippen molar-refractivity contribution in [2.75, 3.05) is 11.9 Å². The first-order valence-electron chi connectivity index (χ1n) is 8.43. The zero-order chi connectivity index (χ0) is 17.6. The summed E-state index contributed by atoms with van der Waals surface area (Å²) < 4.78 is 0. The van der Waals surface area contributed by atoms with E-state index in [-0.39, 0.29) is 11.9 Å². The summed E-state index contributed by atoms with van der Waals surface area (Å²) in [5.41, 5.74) is 3.69. The Hall–Kier alpha value is -2.89. The van der Waals surface area contributed by atoms with Crippen LogP contribution in [-0.2, 0) is 17.9 Å². The average Bonchev–Trinajstić information content (AvgIpc) is 2.99. The van der Waals surface area contributed by atoms with Gasteiger partial charge in [-0.2, -0.15) is 0 Å². The highest BCUT2D eigenvalue weighted by Gasteiger charge is 2.19. The first-order valence-corrected chi connectivity index (χ1v) is 8.43. The molecule has 1 aromatic heterocycles. The largest absolute Gasteiger partial charge is 0.338 e. The van der Waals surface area contributed by atoms with E-state index in [0.717, 1.165) is 35.5 Å². The monoisotopic (exact) mass is 338 g/mol. The molecule has 2 aromatic rings. The minimum absolute atomic E-state index is 0.230. The van der Waals surface area contributed by atoms with Crippen molar-refractivity contribution in [2.45, 2.75) is 32.9 Å². The molecule has 0 spiro atoms. The van der Waals surface area contributed by atoms with E-state index in [4.69, 9.17) is 0 Å². The van der Waals surface area contributed by atoms with Crippen LogP contribution in [0.3, 0.4) is 0 Å². The molecule has 3 amide bonds. The summed E-state index contributed by atoms with van der Waals surface area (Å²) in [6.07, 6.45) is 3.27. The summed E-state index contributed by atoms with van der Waals surface area (Å²) >= 11 is 0. The predicted molar refractivity (Wildman–Crippen MR) is 95.9 cm³/mol. The van der Waals surface area contributed by atoms with Crippen LogP contribution in [0.15, 0.2) is 42.6 Å². The average molecular weight is 338 g/mol. The van der Waals surface area contributed by atoms with Gasteiger partial charge < -0.3 is 15.5 Å². The van der Waals surface area contributed by atoms with E-state index in [0.29, 0.717) is 19.5 Å². The summed E-state index contributed by atoms with van der Waals surface area (Å²) in [5, 5.41) is 5.61. The van der Waals surface area contributed by atoms with Crippen molar-refractivity contribution < 1.29 is 9.59 Å². The number of hydrogen-bond donors (Lipinski definition) is 2. The summed E-state index contributed by atoms with van der Waals surface area (Å²) in [7, 11) is 0. The number of rotatable bonds is 5. The molecule has 0 bridgehead atoms. The molecule has 1 aliphatic heterocycles. The third-order valence-electron chi connectivity index (χ3n) is 4.18. The highest BCUT2D eigenvalue weighted by molar-refractivity contribution is 5.89. The fourth-order valence-electron chi connectivity index (χ4n) is 2.84. The van der Waals surface area contributed by atoms with Gasteiger partial charge in [0.2, 0.25) is 5.91 Å². The number of nitrogens with one attached hydrogen (secondary N) is 2. The normalized spacial score (nSPS) is 13.8. The molecule has 25 heavy (non-hydrogen) atoms. The molecule has 0 aliphatic carbocycles. The number of benzene rings is 1. The van der Waals surface area contributed by atoms with Crippen molar-refractivity contribution in [3.05, 3.63) is 59.4 Å². The van der Waals surface area contributed by atoms with Gasteiger partial charge in [0.25, 0.3) is 0 Å². The Labute approximate surface area is 147 Å². The molecule has 3 rings (SSSR count). The number of carbonyl (C=O) groups excluding carboxylic acids is 2. The fourth-order valence-corrected chi connectivity index (χ4v) is 2.84. The van der Waals surface area contributed by atoms with Crippen LogP contribution < -0.4 is 10.6 Å². The molecule has 1 saturated heterocycles. The maximum Gasteiger partial charge on any atom is 0.319 e. The third-order valence-corrected chi connectivity index (χ3v) is 4.18. The van der Waals surface area contributed by atoms with Gasteiger partial charge in [-0.3, -0.25) is 9.78 Å². The molecule has 2 heterocycles. The Morgan fingerprint density at radius 1 is 1.20 bits per heavy atom. The predicted octanol–water partition coefficient (Wildman–Crippen LogP) is 2.83. The fraction of sp³-hybridized carbons (Fsp3) is 0.316. The molecule has 6 heteroatoms. The second kappa shape index (κ2) is 7.79. The first-order chi connectivity index (χ1) is 12.1.